The number of hydrogen-bond acceptors (Lipinski definition) is 6. The van der Waals surface area contributed by atoms with Gasteiger partial charge in [-0.15, -0.1) is 0 Å². The second-order valence-corrected chi connectivity index (χ2v) is 3.13. The molecule has 0 spiro atoms. The third-order valence-electron chi connectivity index (χ3n) is 2.10. The highest BCUT2D eigenvalue weighted by Crippen LogP contribution is 2.18. The highest BCUT2D eigenvalue weighted by atomic mass is 16.5. The van der Waals surface area contributed by atoms with Gasteiger partial charge in [0.15, 0.2) is 6.10 Å². The fourth-order valence-corrected chi connectivity index (χ4v) is 1.25. The summed E-state index contributed by atoms with van der Waals surface area (Å²) in [6.45, 7) is -0.326. The monoisotopic (exact) mass is 208 g/mol. The zero-order chi connectivity index (χ0) is 10.9. The van der Waals surface area contributed by atoms with Gasteiger partial charge in [-0.25, -0.2) is 4.79 Å². The summed E-state index contributed by atoms with van der Waals surface area (Å²) in [4.78, 5) is 10.3. The average Bonchev–Trinajstić information content (AvgIpc) is 2.13. The van der Waals surface area contributed by atoms with Crippen molar-refractivity contribution >= 4 is 5.97 Å². The van der Waals surface area contributed by atoms with Crippen LogP contribution in [0.5, 0.6) is 0 Å². The van der Waals surface area contributed by atoms with Crippen LogP contribution in [0.1, 0.15) is 0 Å². The van der Waals surface area contributed by atoms with Gasteiger partial charge in [0.1, 0.15) is 24.4 Å². The molecule has 1 aliphatic rings. The van der Waals surface area contributed by atoms with Crippen LogP contribution >= 0.6 is 0 Å². The molecule has 1 heterocycles. The van der Waals surface area contributed by atoms with E-state index < -0.39 is 36.5 Å². The number of aliphatic hydroxyl groups excluding tert-OH is 4. The molecule has 7 heteroatoms. The summed E-state index contributed by atoms with van der Waals surface area (Å²) in [7, 11) is 0. The van der Waals surface area contributed by atoms with Crippen LogP contribution in [0, 0.1) is 0 Å². The van der Waals surface area contributed by atoms with Crippen molar-refractivity contribution in [3.63, 3.8) is 0 Å². The molecule has 5 N–H and O–H groups in total. The Hall–Kier alpha value is -0.730. The number of carbonyl (C=O) groups is 1. The minimum Gasteiger partial charge on any atom is -0.479 e. The molecular weight excluding hydrogens is 196 g/mol. The molecular formula is C7H12O7. The molecule has 14 heavy (non-hydrogen) atoms. The largest absolute Gasteiger partial charge is 0.479 e. The molecule has 1 aliphatic heterocycles. The average molecular weight is 208 g/mol. The molecule has 1 saturated heterocycles. The normalized spacial score (nSPS) is 40.6. The lowest BCUT2D eigenvalue weighted by Crippen LogP contribution is -2.58. The van der Waals surface area contributed by atoms with E-state index in [0.29, 0.717) is 0 Å². The molecule has 0 aliphatic carbocycles. The van der Waals surface area contributed by atoms with Crippen molar-refractivity contribution in [1.29, 1.82) is 0 Å². The fraction of sp³-hybridized carbons (Fsp3) is 0.857. The summed E-state index contributed by atoms with van der Waals surface area (Å²) in [5, 5.41) is 44.9. The Morgan fingerprint density at radius 1 is 1.29 bits per heavy atom. The van der Waals surface area contributed by atoms with Crippen LogP contribution in [0.3, 0.4) is 0 Å². The highest BCUT2D eigenvalue weighted by molar-refractivity contribution is 5.72. The van der Waals surface area contributed by atoms with Gasteiger partial charge in [0.2, 0.25) is 0 Å². The number of hydrogen-bond donors (Lipinski definition) is 5. The van der Waals surface area contributed by atoms with E-state index in [9.17, 15) is 9.90 Å². The molecule has 5 atom stereocenters. The topological polar surface area (TPSA) is 127 Å². The Balaban J connectivity index is 2.67. The molecule has 0 radical (unpaired) electrons. The number of ether oxygens (including phenoxy) is 1. The Labute approximate surface area is 79.2 Å². The summed E-state index contributed by atoms with van der Waals surface area (Å²) < 4.78 is 4.71. The molecule has 0 amide bonds. The van der Waals surface area contributed by atoms with E-state index in [2.05, 4.69) is 0 Å². The summed E-state index contributed by atoms with van der Waals surface area (Å²) in [6, 6.07) is 0. The molecule has 0 bridgehead atoms. The summed E-state index contributed by atoms with van der Waals surface area (Å²) >= 11 is 0. The van der Waals surface area contributed by atoms with Gasteiger partial charge in [-0.1, -0.05) is 0 Å². The van der Waals surface area contributed by atoms with Gasteiger partial charge in [0.05, 0.1) is 6.61 Å². The molecule has 0 aromatic rings. The second-order valence-electron chi connectivity index (χ2n) is 3.13. The van der Waals surface area contributed by atoms with Crippen LogP contribution in [-0.4, -0.2) is 68.6 Å². The first kappa shape index (κ1) is 11.3. The Kier molecular flexibility index (Phi) is 3.40. The Bertz CT molecular complexity index is 218. The van der Waals surface area contributed by atoms with Gasteiger partial charge < -0.3 is 30.3 Å². The maximum atomic E-state index is 10.3. The quantitative estimate of drug-likeness (QED) is 0.325. The summed E-state index contributed by atoms with van der Waals surface area (Å²) in [6.07, 6.45) is -7.76. The van der Waals surface area contributed by atoms with Crippen molar-refractivity contribution in [3.05, 3.63) is 0 Å². The van der Waals surface area contributed by atoms with E-state index in [-0.39, 0.29) is 6.61 Å². The van der Waals surface area contributed by atoms with Crippen LogP contribution in [0.25, 0.3) is 0 Å². The Morgan fingerprint density at radius 2 is 1.86 bits per heavy atom. The van der Waals surface area contributed by atoms with Gasteiger partial charge in [-0.05, 0) is 0 Å². The molecule has 1 fully saturated rings. The maximum Gasteiger partial charge on any atom is 0.335 e. The predicted molar refractivity (Wildman–Crippen MR) is 41.4 cm³/mol. The minimum absolute atomic E-state index is 0.326. The van der Waals surface area contributed by atoms with Crippen LogP contribution in [0.2, 0.25) is 0 Å². The summed E-state index contributed by atoms with van der Waals surface area (Å²) in [5.41, 5.74) is 0. The third kappa shape index (κ3) is 2.02. The van der Waals surface area contributed by atoms with Crippen LogP contribution < -0.4 is 0 Å². The van der Waals surface area contributed by atoms with E-state index in [4.69, 9.17) is 25.2 Å². The lowest BCUT2D eigenvalue weighted by molar-refractivity contribution is -0.215. The zero-order valence-corrected chi connectivity index (χ0v) is 7.15. The number of carboxylic acids is 1. The standard InChI is InChI=1S/C7H12O7/c8-2-1-14-6(4(10)3(2)9)5(11)7(12)13/h2-6,8-11H,1H2,(H,12,13)/t2-,3+,4-,5?,6?/m1/s1. The SMILES string of the molecule is O=C(O)C(O)C1OC[C@@H](O)[C@H](O)[C@H]1O. The predicted octanol–water partition coefficient (Wildman–Crippen LogP) is -3.09. The van der Waals surface area contributed by atoms with Crippen LogP contribution in [-0.2, 0) is 9.53 Å². The number of aliphatic hydroxyl groups is 4. The van der Waals surface area contributed by atoms with Crippen LogP contribution in [0.15, 0.2) is 0 Å². The van der Waals surface area contributed by atoms with Gasteiger partial charge in [-0.3, -0.25) is 0 Å². The molecule has 0 aromatic carbocycles. The molecule has 0 aromatic heterocycles. The van der Waals surface area contributed by atoms with Gasteiger partial charge in [0, 0.05) is 0 Å². The molecule has 82 valence electrons. The van der Waals surface area contributed by atoms with Crippen molar-refractivity contribution in [2.75, 3.05) is 6.61 Å². The first-order chi connectivity index (χ1) is 6.45. The van der Waals surface area contributed by atoms with Gasteiger partial charge in [-0.2, -0.15) is 0 Å². The van der Waals surface area contributed by atoms with E-state index in [1.54, 1.807) is 0 Å². The van der Waals surface area contributed by atoms with E-state index in [0.717, 1.165) is 0 Å². The Morgan fingerprint density at radius 3 is 2.36 bits per heavy atom. The van der Waals surface area contributed by atoms with E-state index in [1.807, 2.05) is 0 Å². The second kappa shape index (κ2) is 4.20. The minimum atomic E-state index is -1.92. The highest BCUT2D eigenvalue weighted by Gasteiger charge is 2.43. The van der Waals surface area contributed by atoms with E-state index in [1.165, 1.54) is 0 Å². The molecule has 1 rings (SSSR count). The smallest absolute Gasteiger partial charge is 0.335 e. The third-order valence-corrected chi connectivity index (χ3v) is 2.10. The summed E-state index contributed by atoms with van der Waals surface area (Å²) in [5.74, 6) is -1.56. The zero-order valence-electron chi connectivity index (χ0n) is 7.15. The molecule has 7 nitrogen and oxygen atoms in total. The molecule has 2 unspecified atom stereocenters. The number of aliphatic carboxylic acids is 1. The van der Waals surface area contributed by atoms with Gasteiger partial charge >= 0.3 is 5.97 Å². The first-order valence-electron chi connectivity index (χ1n) is 4.02. The van der Waals surface area contributed by atoms with Crippen molar-refractivity contribution in [2.45, 2.75) is 30.5 Å². The van der Waals surface area contributed by atoms with Gasteiger partial charge in [0.25, 0.3) is 0 Å². The number of rotatable bonds is 2. The van der Waals surface area contributed by atoms with Crippen molar-refractivity contribution in [1.82, 2.24) is 0 Å². The maximum absolute atomic E-state index is 10.3. The lowest BCUT2D eigenvalue weighted by Gasteiger charge is -2.36. The lowest BCUT2D eigenvalue weighted by atomic mass is 9.96. The van der Waals surface area contributed by atoms with Crippen LogP contribution in [0.4, 0.5) is 0 Å². The fourth-order valence-electron chi connectivity index (χ4n) is 1.25. The van der Waals surface area contributed by atoms with Crippen molar-refractivity contribution in [2.24, 2.45) is 0 Å². The van der Waals surface area contributed by atoms with E-state index >= 15 is 0 Å². The molecule has 0 saturated carbocycles. The first-order valence-corrected chi connectivity index (χ1v) is 4.02. The number of carboxylic acid groups (broad SMARTS) is 1. The van der Waals surface area contributed by atoms with Crippen molar-refractivity contribution in [3.8, 4) is 0 Å². The van der Waals surface area contributed by atoms with Crippen molar-refractivity contribution < 1.29 is 35.1 Å².